The molecule has 0 radical (unpaired) electrons. The summed E-state index contributed by atoms with van der Waals surface area (Å²) in [5.41, 5.74) is 0. The lowest BCUT2D eigenvalue weighted by molar-refractivity contribution is -0.143. The summed E-state index contributed by atoms with van der Waals surface area (Å²) in [6.07, 6.45) is 3.82. The van der Waals surface area contributed by atoms with Crippen molar-refractivity contribution in [2.45, 2.75) is 39.5 Å². The van der Waals surface area contributed by atoms with E-state index in [9.17, 15) is 9.59 Å². The van der Waals surface area contributed by atoms with Crippen molar-refractivity contribution in [1.82, 2.24) is 9.80 Å². The van der Waals surface area contributed by atoms with Gasteiger partial charge in [-0.05, 0) is 31.1 Å². The highest BCUT2D eigenvalue weighted by atomic mass is 16.2. The fraction of sp³-hybridized carbons (Fsp3) is 0.857. The van der Waals surface area contributed by atoms with Gasteiger partial charge < -0.3 is 9.80 Å². The van der Waals surface area contributed by atoms with Crippen molar-refractivity contribution in [3.05, 3.63) is 0 Å². The molecular formula is C14H24N2O2. The molecule has 0 aliphatic carbocycles. The van der Waals surface area contributed by atoms with Crippen molar-refractivity contribution in [2.24, 2.45) is 11.8 Å². The van der Waals surface area contributed by atoms with Crippen LogP contribution in [0.4, 0.5) is 0 Å². The lowest BCUT2D eigenvalue weighted by atomic mass is 9.92. The zero-order chi connectivity index (χ0) is 13.1. The van der Waals surface area contributed by atoms with Gasteiger partial charge in [0.2, 0.25) is 11.8 Å². The van der Waals surface area contributed by atoms with E-state index in [1.54, 1.807) is 4.90 Å². The number of amides is 2. The smallest absolute Gasteiger partial charge is 0.242 e. The predicted octanol–water partition coefficient (Wildman–Crippen LogP) is 1.50. The summed E-state index contributed by atoms with van der Waals surface area (Å²) in [5, 5.41) is 0. The summed E-state index contributed by atoms with van der Waals surface area (Å²) in [7, 11) is 0. The van der Waals surface area contributed by atoms with Crippen molar-refractivity contribution >= 4 is 11.8 Å². The summed E-state index contributed by atoms with van der Waals surface area (Å²) < 4.78 is 0. The van der Waals surface area contributed by atoms with E-state index in [1.165, 1.54) is 6.42 Å². The molecule has 0 aromatic rings. The summed E-state index contributed by atoms with van der Waals surface area (Å²) >= 11 is 0. The number of carbonyl (C=O) groups is 2. The third-order valence-electron chi connectivity index (χ3n) is 3.97. The fourth-order valence-corrected chi connectivity index (χ4v) is 3.16. The molecule has 2 heterocycles. The minimum Gasteiger partial charge on any atom is -0.341 e. The van der Waals surface area contributed by atoms with Crippen LogP contribution in [0.25, 0.3) is 0 Å². The first kappa shape index (κ1) is 13.4. The van der Waals surface area contributed by atoms with Crippen LogP contribution in [-0.4, -0.2) is 47.8 Å². The highest BCUT2D eigenvalue weighted by Crippen LogP contribution is 2.21. The molecule has 2 saturated heterocycles. The van der Waals surface area contributed by atoms with Gasteiger partial charge in [0.1, 0.15) is 0 Å². The molecule has 0 saturated carbocycles. The monoisotopic (exact) mass is 252 g/mol. The van der Waals surface area contributed by atoms with Gasteiger partial charge in [0, 0.05) is 26.1 Å². The first-order valence-corrected chi connectivity index (χ1v) is 7.12. The standard InChI is InChI=1S/C14H24N2O2/c1-11-7-12(2)9-16(8-11)14(18)10-15-6-4-3-5-13(15)17/h11-12H,3-10H2,1-2H3. The van der Waals surface area contributed by atoms with Gasteiger partial charge in [-0.15, -0.1) is 0 Å². The van der Waals surface area contributed by atoms with Gasteiger partial charge in [0.05, 0.1) is 6.54 Å². The number of rotatable bonds is 2. The molecule has 0 N–H and O–H groups in total. The van der Waals surface area contributed by atoms with Gasteiger partial charge >= 0.3 is 0 Å². The van der Waals surface area contributed by atoms with E-state index in [-0.39, 0.29) is 18.4 Å². The van der Waals surface area contributed by atoms with E-state index in [0.29, 0.717) is 18.3 Å². The Morgan fingerprint density at radius 2 is 1.89 bits per heavy atom. The van der Waals surface area contributed by atoms with Gasteiger partial charge in [-0.2, -0.15) is 0 Å². The molecule has 4 heteroatoms. The Morgan fingerprint density at radius 3 is 2.50 bits per heavy atom. The quantitative estimate of drug-likeness (QED) is 0.747. The second-order valence-electron chi connectivity index (χ2n) is 6.02. The molecule has 2 aliphatic heterocycles. The Morgan fingerprint density at radius 1 is 1.22 bits per heavy atom. The molecule has 2 rings (SSSR count). The van der Waals surface area contributed by atoms with Crippen LogP contribution in [0, 0.1) is 11.8 Å². The second kappa shape index (κ2) is 5.72. The molecule has 0 aromatic carbocycles. The lowest BCUT2D eigenvalue weighted by Gasteiger charge is -2.36. The van der Waals surface area contributed by atoms with Crippen LogP contribution in [0.1, 0.15) is 39.5 Å². The molecule has 18 heavy (non-hydrogen) atoms. The van der Waals surface area contributed by atoms with Gasteiger partial charge in [-0.25, -0.2) is 0 Å². The average Bonchev–Trinajstić information content (AvgIpc) is 2.31. The molecule has 0 spiro atoms. The van der Waals surface area contributed by atoms with Gasteiger partial charge in [0.25, 0.3) is 0 Å². The summed E-state index contributed by atoms with van der Waals surface area (Å²) in [4.78, 5) is 27.6. The van der Waals surface area contributed by atoms with Gasteiger partial charge in [-0.3, -0.25) is 9.59 Å². The molecule has 2 unspecified atom stereocenters. The third kappa shape index (κ3) is 3.24. The van der Waals surface area contributed by atoms with Crippen molar-refractivity contribution in [3.63, 3.8) is 0 Å². The van der Waals surface area contributed by atoms with Crippen LogP contribution >= 0.6 is 0 Å². The maximum atomic E-state index is 12.2. The van der Waals surface area contributed by atoms with E-state index in [1.807, 2.05) is 4.90 Å². The van der Waals surface area contributed by atoms with E-state index in [2.05, 4.69) is 13.8 Å². The lowest BCUT2D eigenvalue weighted by Crippen LogP contribution is -2.49. The molecular weight excluding hydrogens is 228 g/mol. The van der Waals surface area contributed by atoms with Crippen LogP contribution < -0.4 is 0 Å². The average molecular weight is 252 g/mol. The zero-order valence-corrected chi connectivity index (χ0v) is 11.5. The Balaban J connectivity index is 1.88. The van der Waals surface area contributed by atoms with Crippen molar-refractivity contribution in [1.29, 1.82) is 0 Å². The molecule has 0 aromatic heterocycles. The number of hydrogen-bond acceptors (Lipinski definition) is 2. The second-order valence-corrected chi connectivity index (χ2v) is 6.02. The van der Waals surface area contributed by atoms with Crippen molar-refractivity contribution in [3.8, 4) is 0 Å². The van der Waals surface area contributed by atoms with Crippen LogP contribution in [0.3, 0.4) is 0 Å². The Kier molecular flexibility index (Phi) is 4.25. The van der Waals surface area contributed by atoms with E-state index < -0.39 is 0 Å². The van der Waals surface area contributed by atoms with Gasteiger partial charge in [0.15, 0.2) is 0 Å². The largest absolute Gasteiger partial charge is 0.341 e. The Bertz CT molecular complexity index is 320. The highest BCUT2D eigenvalue weighted by molar-refractivity contribution is 5.85. The number of nitrogens with zero attached hydrogens (tertiary/aromatic N) is 2. The van der Waals surface area contributed by atoms with E-state index >= 15 is 0 Å². The first-order valence-electron chi connectivity index (χ1n) is 7.12. The minimum atomic E-state index is 0.128. The summed E-state index contributed by atoms with van der Waals surface area (Å²) in [5.74, 6) is 1.43. The zero-order valence-electron chi connectivity index (χ0n) is 11.5. The predicted molar refractivity (Wildman–Crippen MR) is 70.0 cm³/mol. The fourth-order valence-electron chi connectivity index (χ4n) is 3.16. The SMILES string of the molecule is CC1CC(C)CN(C(=O)CN2CCCCC2=O)C1. The Labute approximate surface area is 109 Å². The van der Waals surface area contributed by atoms with Crippen molar-refractivity contribution < 1.29 is 9.59 Å². The summed E-state index contributed by atoms with van der Waals surface area (Å²) in [6, 6.07) is 0. The molecule has 4 nitrogen and oxygen atoms in total. The topological polar surface area (TPSA) is 40.6 Å². The van der Waals surface area contributed by atoms with Gasteiger partial charge in [-0.1, -0.05) is 13.8 Å². The van der Waals surface area contributed by atoms with E-state index in [4.69, 9.17) is 0 Å². The maximum Gasteiger partial charge on any atom is 0.242 e. The Hall–Kier alpha value is -1.06. The van der Waals surface area contributed by atoms with Crippen molar-refractivity contribution in [2.75, 3.05) is 26.2 Å². The number of carbonyl (C=O) groups excluding carboxylic acids is 2. The number of likely N-dealkylation sites (tertiary alicyclic amines) is 2. The molecule has 2 atom stereocenters. The van der Waals surface area contributed by atoms with E-state index in [0.717, 1.165) is 32.5 Å². The van der Waals surface area contributed by atoms with Crippen LogP contribution in [0.15, 0.2) is 0 Å². The minimum absolute atomic E-state index is 0.128. The molecule has 2 aliphatic rings. The maximum absolute atomic E-state index is 12.2. The normalized spacial score (nSPS) is 29.6. The molecule has 2 amide bonds. The van der Waals surface area contributed by atoms with Crippen LogP contribution in [-0.2, 0) is 9.59 Å². The third-order valence-corrected chi connectivity index (χ3v) is 3.97. The highest BCUT2D eigenvalue weighted by Gasteiger charge is 2.28. The molecule has 102 valence electrons. The van der Waals surface area contributed by atoms with Crippen LogP contribution in [0.5, 0.6) is 0 Å². The first-order chi connectivity index (χ1) is 8.56. The molecule has 2 fully saturated rings. The van der Waals surface area contributed by atoms with Crippen LogP contribution in [0.2, 0.25) is 0 Å². The number of hydrogen-bond donors (Lipinski definition) is 0. The molecule has 0 bridgehead atoms. The summed E-state index contributed by atoms with van der Waals surface area (Å²) in [6.45, 7) is 7.14. The number of piperidine rings is 2.